The molecule has 0 aliphatic heterocycles. The quantitative estimate of drug-likeness (QED) is 0.0347. The zero-order chi connectivity index (χ0) is 41.0. The van der Waals surface area contributed by atoms with E-state index in [1.165, 1.54) is 167 Å². The van der Waals surface area contributed by atoms with Crippen LogP contribution in [0, 0.1) is 5.92 Å². The Morgan fingerprint density at radius 1 is 0.339 bits per heavy atom. The summed E-state index contributed by atoms with van der Waals surface area (Å²) < 4.78 is 16.7. The van der Waals surface area contributed by atoms with Crippen LogP contribution in [0.15, 0.2) is 0 Å². The molecule has 0 radical (unpaired) electrons. The third-order valence-electron chi connectivity index (χ3n) is 11.3. The number of hydrogen-bond acceptors (Lipinski definition) is 6. The minimum Gasteiger partial charge on any atom is -0.462 e. The van der Waals surface area contributed by atoms with Gasteiger partial charge in [0.2, 0.25) is 0 Å². The van der Waals surface area contributed by atoms with Gasteiger partial charge in [-0.3, -0.25) is 14.4 Å². The zero-order valence-electron chi connectivity index (χ0n) is 38.1. The number of hydrogen-bond donors (Lipinski definition) is 0. The topological polar surface area (TPSA) is 78.9 Å². The summed E-state index contributed by atoms with van der Waals surface area (Å²) in [5.41, 5.74) is 0. The molecule has 1 atom stereocenters. The maximum atomic E-state index is 12.7. The molecule has 0 bridgehead atoms. The highest BCUT2D eigenvalue weighted by molar-refractivity contribution is 5.71. The lowest BCUT2D eigenvalue weighted by Crippen LogP contribution is -2.30. The van der Waals surface area contributed by atoms with Gasteiger partial charge in [-0.25, -0.2) is 0 Å². The van der Waals surface area contributed by atoms with Gasteiger partial charge in [-0.1, -0.05) is 240 Å². The van der Waals surface area contributed by atoms with Crippen LogP contribution in [0.5, 0.6) is 0 Å². The van der Waals surface area contributed by atoms with Crippen LogP contribution in [-0.2, 0) is 28.6 Å². The average molecular weight is 793 g/mol. The average Bonchev–Trinajstić information content (AvgIpc) is 3.18. The van der Waals surface area contributed by atoms with Crippen molar-refractivity contribution in [3.63, 3.8) is 0 Å². The van der Waals surface area contributed by atoms with Gasteiger partial charge in [-0.2, -0.15) is 0 Å². The summed E-state index contributed by atoms with van der Waals surface area (Å²) in [5, 5.41) is 0. The van der Waals surface area contributed by atoms with E-state index in [1.807, 2.05) is 0 Å². The Hall–Kier alpha value is -1.59. The molecule has 0 aliphatic carbocycles. The highest BCUT2D eigenvalue weighted by Crippen LogP contribution is 2.17. The maximum absolute atomic E-state index is 12.7. The smallest absolute Gasteiger partial charge is 0.306 e. The standard InChI is InChI=1S/C50H96O6/c1-5-7-9-11-12-13-14-15-16-17-18-21-25-28-31-35-39-43-50(53)56-47(44-54-48(51)41-37-32-10-8-6-2)45-55-49(52)42-38-34-30-27-24-22-19-20-23-26-29-33-36-40-46(3)4/h46-47H,5-45H2,1-4H3/t47-/m0/s1. The Morgan fingerprint density at radius 2 is 0.589 bits per heavy atom. The minimum absolute atomic E-state index is 0.0641. The molecule has 0 amide bonds. The van der Waals surface area contributed by atoms with Gasteiger partial charge in [0.25, 0.3) is 0 Å². The van der Waals surface area contributed by atoms with E-state index in [4.69, 9.17) is 14.2 Å². The number of ether oxygens (including phenoxy) is 3. The van der Waals surface area contributed by atoms with Crippen molar-refractivity contribution in [3.05, 3.63) is 0 Å². The minimum atomic E-state index is -0.758. The monoisotopic (exact) mass is 793 g/mol. The van der Waals surface area contributed by atoms with Crippen molar-refractivity contribution in [3.8, 4) is 0 Å². The van der Waals surface area contributed by atoms with E-state index in [9.17, 15) is 14.4 Å². The highest BCUT2D eigenvalue weighted by atomic mass is 16.6. The molecule has 0 fully saturated rings. The fourth-order valence-corrected chi connectivity index (χ4v) is 7.51. The number of carbonyl (C=O) groups excluding carboxylic acids is 3. The van der Waals surface area contributed by atoms with Crippen LogP contribution in [0.3, 0.4) is 0 Å². The number of carbonyl (C=O) groups is 3. The van der Waals surface area contributed by atoms with Crippen LogP contribution in [0.25, 0.3) is 0 Å². The summed E-state index contributed by atoms with van der Waals surface area (Å²) in [6.45, 7) is 8.95. The molecule has 0 aromatic rings. The predicted octanol–water partition coefficient (Wildman–Crippen LogP) is 15.9. The van der Waals surface area contributed by atoms with Crippen molar-refractivity contribution in [1.82, 2.24) is 0 Å². The normalized spacial score (nSPS) is 11.9. The molecule has 6 nitrogen and oxygen atoms in total. The molecule has 0 aromatic heterocycles. The third-order valence-corrected chi connectivity index (χ3v) is 11.3. The van der Waals surface area contributed by atoms with E-state index in [0.29, 0.717) is 19.3 Å². The summed E-state index contributed by atoms with van der Waals surface area (Å²) in [6, 6.07) is 0. The van der Waals surface area contributed by atoms with E-state index >= 15 is 0 Å². The number of unbranched alkanes of at least 4 members (excludes halogenated alkanes) is 32. The molecule has 0 N–H and O–H groups in total. The summed E-state index contributed by atoms with van der Waals surface area (Å²) in [4.78, 5) is 37.6. The second-order valence-electron chi connectivity index (χ2n) is 17.6. The van der Waals surface area contributed by atoms with Crippen LogP contribution < -0.4 is 0 Å². The molecular formula is C50H96O6. The molecule has 0 unspecified atom stereocenters. The van der Waals surface area contributed by atoms with Crippen LogP contribution in [0.4, 0.5) is 0 Å². The van der Waals surface area contributed by atoms with Crippen LogP contribution in [0.2, 0.25) is 0 Å². The van der Waals surface area contributed by atoms with Crippen LogP contribution in [-0.4, -0.2) is 37.2 Å². The molecule has 0 aromatic carbocycles. The van der Waals surface area contributed by atoms with Gasteiger partial charge in [-0.05, 0) is 25.2 Å². The Labute approximate surface area is 348 Å². The molecule has 0 aliphatic rings. The van der Waals surface area contributed by atoms with Gasteiger partial charge < -0.3 is 14.2 Å². The van der Waals surface area contributed by atoms with E-state index in [-0.39, 0.29) is 31.1 Å². The van der Waals surface area contributed by atoms with E-state index in [0.717, 1.165) is 70.1 Å². The first kappa shape index (κ1) is 54.4. The maximum Gasteiger partial charge on any atom is 0.306 e. The van der Waals surface area contributed by atoms with Crippen molar-refractivity contribution < 1.29 is 28.6 Å². The highest BCUT2D eigenvalue weighted by Gasteiger charge is 2.19. The van der Waals surface area contributed by atoms with Gasteiger partial charge in [0.05, 0.1) is 0 Å². The zero-order valence-corrected chi connectivity index (χ0v) is 38.1. The lowest BCUT2D eigenvalue weighted by molar-refractivity contribution is -0.167. The van der Waals surface area contributed by atoms with Crippen molar-refractivity contribution in [1.29, 1.82) is 0 Å². The number of esters is 3. The fraction of sp³-hybridized carbons (Fsp3) is 0.940. The lowest BCUT2D eigenvalue weighted by Gasteiger charge is -2.18. The summed E-state index contributed by atoms with van der Waals surface area (Å²) in [5.74, 6) is -0.0218. The Balaban J connectivity index is 4.12. The molecule has 0 saturated carbocycles. The largest absolute Gasteiger partial charge is 0.462 e. The molecule has 0 heterocycles. The Bertz CT molecular complexity index is 841. The van der Waals surface area contributed by atoms with E-state index in [2.05, 4.69) is 27.7 Å². The van der Waals surface area contributed by atoms with E-state index < -0.39 is 6.10 Å². The van der Waals surface area contributed by atoms with Gasteiger partial charge >= 0.3 is 17.9 Å². The SMILES string of the molecule is CCCCCCCCCCCCCCCCCCCC(=O)O[C@@H](COC(=O)CCCCCCC)COC(=O)CCCCCCCCCCCCCCCC(C)C. The van der Waals surface area contributed by atoms with Crippen molar-refractivity contribution in [2.45, 2.75) is 284 Å². The third kappa shape index (κ3) is 43.5. The van der Waals surface area contributed by atoms with Gasteiger partial charge in [0.1, 0.15) is 13.2 Å². The van der Waals surface area contributed by atoms with Gasteiger partial charge in [0, 0.05) is 19.3 Å². The fourth-order valence-electron chi connectivity index (χ4n) is 7.51. The van der Waals surface area contributed by atoms with E-state index in [1.54, 1.807) is 0 Å². The molecule has 56 heavy (non-hydrogen) atoms. The van der Waals surface area contributed by atoms with Crippen molar-refractivity contribution in [2.24, 2.45) is 5.92 Å². The molecule has 332 valence electrons. The molecule has 0 saturated heterocycles. The van der Waals surface area contributed by atoms with Crippen molar-refractivity contribution >= 4 is 17.9 Å². The first-order chi connectivity index (χ1) is 27.4. The summed E-state index contributed by atoms with van der Waals surface area (Å²) in [7, 11) is 0. The van der Waals surface area contributed by atoms with Crippen LogP contribution >= 0.6 is 0 Å². The Morgan fingerprint density at radius 3 is 0.875 bits per heavy atom. The predicted molar refractivity (Wildman–Crippen MR) is 238 cm³/mol. The second kappa shape index (κ2) is 44.5. The Kier molecular flexibility index (Phi) is 43.2. The first-order valence-corrected chi connectivity index (χ1v) is 24.9. The molecule has 0 spiro atoms. The van der Waals surface area contributed by atoms with Crippen molar-refractivity contribution in [2.75, 3.05) is 13.2 Å². The first-order valence-electron chi connectivity index (χ1n) is 24.9. The van der Waals surface area contributed by atoms with Gasteiger partial charge in [0.15, 0.2) is 6.10 Å². The second-order valence-corrected chi connectivity index (χ2v) is 17.6. The lowest BCUT2D eigenvalue weighted by atomic mass is 10.0. The molecule has 6 heteroatoms. The van der Waals surface area contributed by atoms with Gasteiger partial charge in [-0.15, -0.1) is 0 Å². The summed E-state index contributed by atoms with van der Waals surface area (Å²) >= 11 is 0. The molecule has 0 rings (SSSR count). The van der Waals surface area contributed by atoms with Crippen LogP contribution in [0.1, 0.15) is 278 Å². The molecular weight excluding hydrogens is 697 g/mol. The number of rotatable bonds is 45. The summed E-state index contributed by atoms with van der Waals surface area (Å²) in [6.07, 6.45) is 45.5.